The summed E-state index contributed by atoms with van der Waals surface area (Å²) in [6.07, 6.45) is 2.13. The number of hydrogen-bond acceptors (Lipinski definition) is 1. The first kappa shape index (κ1) is 18.4. The minimum Gasteiger partial charge on any atom is -0.455 e. The number of rotatable bonds is 1. The molecule has 0 spiro atoms. The van der Waals surface area contributed by atoms with Crippen LogP contribution in [-0.2, 0) is 12.5 Å². The second-order valence-corrected chi connectivity index (χ2v) is 9.47. The van der Waals surface area contributed by atoms with E-state index < -0.39 is 0 Å². The van der Waals surface area contributed by atoms with Crippen LogP contribution >= 0.6 is 0 Å². The molecule has 0 atom stereocenters. The molecule has 0 unspecified atom stereocenters. The summed E-state index contributed by atoms with van der Waals surface area (Å²) in [6.45, 7) is 8.95. The average Bonchev–Trinajstić information content (AvgIpc) is 3.23. The second kappa shape index (κ2) is 6.07. The molecule has 0 saturated carbocycles. The molecule has 152 valence electrons. The highest BCUT2D eigenvalue weighted by Gasteiger charge is 2.38. The van der Waals surface area contributed by atoms with Crippen molar-refractivity contribution < 1.29 is 8.98 Å². The number of benzene rings is 3. The number of pyridine rings is 1. The molecule has 3 aromatic carbocycles. The summed E-state index contributed by atoms with van der Waals surface area (Å²) in [7, 11) is 2.10. The number of aryl methyl sites for hydroxylation is 3. The lowest BCUT2D eigenvalue weighted by Gasteiger charge is -2.21. The Morgan fingerprint density at radius 3 is 2.39 bits per heavy atom. The summed E-state index contributed by atoms with van der Waals surface area (Å²) < 4.78 is 9.00. The van der Waals surface area contributed by atoms with E-state index in [0.29, 0.717) is 0 Å². The first-order valence-electron chi connectivity index (χ1n) is 10.9. The van der Waals surface area contributed by atoms with Gasteiger partial charge >= 0.3 is 0 Å². The molecule has 0 N–H and O–H groups in total. The van der Waals surface area contributed by atoms with E-state index >= 15 is 0 Å². The summed E-state index contributed by atoms with van der Waals surface area (Å²) >= 11 is 0. The van der Waals surface area contributed by atoms with Crippen LogP contribution in [0.2, 0.25) is 0 Å². The predicted octanol–water partition coefficient (Wildman–Crippen LogP) is 7.00. The molecular weight excluding hydrogens is 378 g/mol. The molecule has 2 aromatic heterocycles. The number of nitrogens with zero attached hydrogens (tertiary/aromatic N) is 1. The molecular formula is C29H26NO+. The van der Waals surface area contributed by atoms with Gasteiger partial charge in [0, 0.05) is 33.9 Å². The molecule has 0 aliphatic heterocycles. The quantitative estimate of drug-likeness (QED) is 0.275. The predicted molar refractivity (Wildman–Crippen MR) is 127 cm³/mol. The molecule has 2 heterocycles. The molecule has 2 nitrogen and oxygen atoms in total. The molecule has 0 fully saturated rings. The first-order valence-corrected chi connectivity index (χ1v) is 10.9. The maximum atomic E-state index is 6.81. The maximum absolute atomic E-state index is 6.81. The third-order valence-electron chi connectivity index (χ3n) is 7.10. The fourth-order valence-corrected chi connectivity index (χ4v) is 5.49. The van der Waals surface area contributed by atoms with Crippen molar-refractivity contribution >= 4 is 21.9 Å². The Labute approximate surface area is 182 Å². The van der Waals surface area contributed by atoms with Crippen LogP contribution in [-0.4, -0.2) is 0 Å². The summed E-state index contributed by atoms with van der Waals surface area (Å²) in [5, 5.41) is 2.39. The smallest absolute Gasteiger partial charge is 0.216 e. The fraction of sp³-hybridized carbons (Fsp3) is 0.207. The van der Waals surface area contributed by atoms with E-state index in [0.717, 1.165) is 11.2 Å². The molecule has 5 aromatic rings. The van der Waals surface area contributed by atoms with Crippen molar-refractivity contribution in [2.45, 2.75) is 33.1 Å². The van der Waals surface area contributed by atoms with Crippen molar-refractivity contribution in [2.24, 2.45) is 7.05 Å². The molecule has 1 aliphatic rings. The van der Waals surface area contributed by atoms with Crippen molar-refractivity contribution in [2.75, 3.05) is 0 Å². The number of furan rings is 1. The zero-order chi connectivity index (χ0) is 21.5. The van der Waals surface area contributed by atoms with E-state index in [1.165, 1.54) is 55.4 Å². The van der Waals surface area contributed by atoms with Gasteiger partial charge in [0.15, 0.2) is 6.20 Å². The lowest BCUT2D eigenvalue weighted by atomic mass is 9.82. The van der Waals surface area contributed by atoms with Crippen molar-refractivity contribution in [3.05, 3.63) is 89.1 Å². The SMILES string of the molecule is Cc1cc[n+](C)c(-c2c(C)ccc3c2oc2c4c(ccc23)-c2ccccc2C4(C)C)c1. The van der Waals surface area contributed by atoms with Gasteiger partial charge in [-0.25, -0.2) is 4.57 Å². The second-order valence-electron chi connectivity index (χ2n) is 9.47. The molecule has 2 heteroatoms. The van der Waals surface area contributed by atoms with Gasteiger partial charge in [-0.15, -0.1) is 0 Å². The number of fused-ring (bicyclic) bond motifs is 7. The molecule has 0 radical (unpaired) electrons. The van der Waals surface area contributed by atoms with Gasteiger partial charge in [0.1, 0.15) is 18.2 Å². The van der Waals surface area contributed by atoms with E-state index in [2.05, 4.69) is 106 Å². The normalized spacial score (nSPS) is 14.2. The van der Waals surface area contributed by atoms with Crippen LogP contribution in [0.1, 0.15) is 36.1 Å². The topological polar surface area (TPSA) is 17.0 Å². The van der Waals surface area contributed by atoms with Gasteiger partial charge in [-0.05, 0) is 47.7 Å². The maximum Gasteiger partial charge on any atom is 0.216 e. The Hall–Kier alpha value is -3.39. The molecule has 6 rings (SSSR count). The fourth-order valence-electron chi connectivity index (χ4n) is 5.49. The monoisotopic (exact) mass is 404 g/mol. The molecule has 1 aliphatic carbocycles. The van der Waals surface area contributed by atoms with E-state index in [1.54, 1.807) is 0 Å². The van der Waals surface area contributed by atoms with Gasteiger partial charge in [-0.2, -0.15) is 0 Å². The first-order chi connectivity index (χ1) is 14.9. The van der Waals surface area contributed by atoms with Crippen LogP contribution in [0.5, 0.6) is 0 Å². The van der Waals surface area contributed by atoms with Gasteiger partial charge < -0.3 is 4.42 Å². The lowest BCUT2D eigenvalue weighted by Crippen LogP contribution is -2.30. The Kier molecular flexibility index (Phi) is 3.60. The van der Waals surface area contributed by atoms with E-state index in [1.807, 2.05) is 0 Å². The van der Waals surface area contributed by atoms with Gasteiger partial charge in [0.25, 0.3) is 0 Å². The Morgan fingerprint density at radius 1 is 0.806 bits per heavy atom. The highest BCUT2D eigenvalue weighted by Crippen LogP contribution is 2.52. The van der Waals surface area contributed by atoms with Crippen molar-refractivity contribution in [1.82, 2.24) is 0 Å². The minimum absolute atomic E-state index is 0.0947. The molecule has 0 saturated heterocycles. The molecule has 0 amide bonds. The zero-order valence-corrected chi connectivity index (χ0v) is 18.7. The third kappa shape index (κ3) is 2.36. The van der Waals surface area contributed by atoms with Crippen molar-refractivity contribution in [3.63, 3.8) is 0 Å². The van der Waals surface area contributed by atoms with Crippen LogP contribution in [0.4, 0.5) is 0 Å². The van der Waals surface area contributed by atoms with Gasteiger partial charge in [0.05, 0.1) is 5.56 Å². The Bertz CT molecular complexity index is 1530. The average molecular weight is 405 g/mol. The van der Waals surface area contributed by atoms with Crippen LogP contribution < -0.4 is 4.57 Å². The Balaban J connectivity index is 1.75. The number of aromatic nitrogens is 1. The zero-order valence-electron chi connectivity index (χ0n) is 18.7. The standard InChI is InChI=1S/C29H26NO/c1-17-14-15-30(5)24(16-17)25-18(2)10-11-21-22-13-12-20-19-8-6-7-9-23(19)29(3,4)26(20)28(22)31-27(21)25/h6-16H,1-5H3/q+1. The van der Waals surface area contributed by atoms with Crippen LogP contribution in [0.15, 0.2) is 71.3 Å². The van der Waals surface area contributed by atoms with E-state index in [-0.39, 0.29) is 5.41 Å². The van der Waals surface area contributed by atoms with E-state index in [4.69, 9.17) is 4.42 Å². The lowest BCUT2D eigenvalue weighted by molar-refractivity contribution is -0.660. The largest absolute Gasteiger partial charge is 0.455 e. The summed E-state index contributed by atoms with van der Waals surface area (Å²) in [5.74, 6) is 0. The molecule has 31 heavy (non-hydrogen) atoms. The highest BCUT2D eigenvalue weighted by molar-refractivity contribution is 6.12. The van der Waals surface area contributed by atoms with Gasteiger partial charge in [-0.1, -0.05) is 56.3 Å². The van der Waals surface area contributed by atoms with Crippen LogP contribution in [0.25, 0.3) is 44.3 Å². The number of hydrogen-bond donors (Lipinski definition) is 0. The molecule has 0 bridgehead atoms. The van der Waals surface area contributed by atoms with Gasteiger partial charge in [-0.3, -0.25) is 0 Å². The minimum atomic E-state index is -0.0947. The van der Waals surface area contributed by atoms with Crippen molar-refractivity contribution in [1.29, 1.82) is 0 Å². The third-order valence-corrected chi connectivity index (χ3v) is 7.10. The van der Waals surface area contributed by atoms with Crippen molar-refractivity contribution in [3.8, 4) is 22.4 Å². The van der Waals surface area contributed by atoms with Crippen LogP contribution in [0, 0.1) is 13.8 Å². The summed E-state index contributed by atoms with van der Waals surface area (Å²) in [6, 6.07) is 22.1. The summed E-state index contributed by atoms with van der Waals surface area (Å²) in [5.41, 5.74) is 12.1. The van der Waals surface area contributed by atoms with Crippen LogP contribution in [0.3, 0.4) is 0 Å². The Morgan fingerprint density at radius 2 is 1.55 bits per heavy atom. The van der Waals surface area contributed by atoms with E-state index in [9.17, 15) is 0 Å². The summed E-state index contributed by atoms with van der Waals surface area (Å²) in [4.78, 5) is 0. The highest BCUT2D eigenvalue weighted by atomic mass is 16.3. The van der Waals surface area contributed by atoms with Gasteiger partial charge in [0.2, 0.25) is 5.69 Å².